The van der Waals surface area contributed by atoms with Crippen molar-refractivity contribution in [3.8, 4) is 0 Å². The Balaban J connectivity index is 2.87. The van der Waals surface area contributed by atoms with Crippen LogP contribution in [-0.4, -0.2) is 6.54 Å². The van der Waals surface area contributed by atoms with Crippen molar-refractivity contribution in [1.29, 1.82) is 0 Å². The lowest BCUT2D eigenvalue weighted by atomic mass is 10.3. The molecule has 0 atom stereocenters. The van der Waals surface area contributed by atoms with Crippen LogP contribution < -0.4 is 5.32 Å². The molecule has 0 aliphatic carbocycles. The number of anilines is 1. The van der Waals surface area contributed by atoms with E-state index in [2.05, 4.69) is 27.8 Å². The second kappa shape index (κ2) is 4.75. The Kier molecular flexibility index (Phi) is 3.89. The van der Waals surface area contributed by atoms with Crippen molar-refractivity contribution in [2.75, 3.05) is 11.9 Å². The predicted molar refractivity (Wildman–Crippen MR) is 57.5 cm³/mol. The van der Waals surface area contributed by atoms with Crippen LogP contribution in [0.25, 0.3) is 0 Å². The molecule has 1 N–H and O–H groups in total. The van der Waals surface area contributed by atoms with Crippen LogP contribution >= 0.6 is 27.5 Å². The van der Waals surface area contributed by atoms with Crippen LogP contribution in [0.4, 0.5) is 14.5 Å². The zero-order valence-electron chi connectivity index (χ0n) is 7.08. The average Bonchev–Trinajstić information content (AvgIpc) is 2.09. The molecule has 0 saturated heterocycles. The van der Waals surface area contributed by atoms with Gasteiger partial charge in [-0.1, -0.05) is 18.2 Å². The zero-order valence-corrected chi connectivity index (χ0v) is 9.42. The van der Waals surface area contributed by atoms with Gasteiger partial charge in [-0.15, -0.1) is 0 Å². The van der Waals surface area contributed by atoms with Gasteiger partial charge in [-0.2, -0.15) is 0 Å². The topological polar surface area (TPSA) is 12.0 Å². The van der Waals surface area contributed by atoms with Crippen LogP contribution in [0.5, 0.6) is 0 Å². The van der Waals surface area contributed by atoms with Gasteiger partial charge >= 0.3 is 0 Å². The van der Waals surface area contributed by atoms with E-state index in [9.17, 15) is 8.78 Å². The maximum atomic E-state index is 13.1. The van der Waals surface area contributed by atoms with Crippen molar-refractivity contribution >= 4 is 33.2 Å². The largest absolute Gasteiger partial charge is 0.378 e. The third-order valence-electron chi connectivity index (χ3n) is 1.48. The first kappa shape index (κ1) is 11.5. The first-order valence-electron chi connectivity index (χ1n) is 3.72. The van der Waals surface area contributed by atoms with Crippen LogP contribution in [-0.2, 0) is 0 Å². The molecule has 0 spiro atoms. The minimum Gasteiger partial charge on any atom is -0.378 e. The minimum absolute atomic E-state index is 0.181. The Bertz CT molecular complexity index is 368. The fraction of sp³-hybridized carbons (Fsp3) is 0.111. The molecule has 0 saturated carbocycles. The molecule has 5 heteroatoms. The number of hydrogen-bond donors (Lipinski definition) is 1. The maximum Gasteiger partial charge on any atom is 0.149 e. The van der Waals surface area contributed by atoms with Crippen molar-refractivity contribution in [2.45, 2.75) is 0 Å². The smallest absolute Gasteiger partial charge is 0.149 e. The maximum absolute atomic E-state index is 13.1. The van der Waals surface area contributed by atoms with E-state index >= 15 is 0 Å². The first-order chi connectivity index (χ1) is 6.50. The number of halogens is 4. The number of hydrogen-bond acceptors (Lipinski definition) is 1. The van der Waals surface area contributed by atoms with Gasteiger partial charge in [-0.05, 0) is 22.0 Å². The van der Waals surface area contributed by atoms with Crippen LogP contribution in [0.2, 0.25) is 0 Å². The van der Waals surface area contributed by atoms with Crippen molar-refractivity contribution in [1.82, 2.24) is 0 Å². The van der Waals surface area contributed by atoms with Gasteiger partial charge in [-0.25, -0.2) is 8.78 Å². The van der Waals surface area contributed by atoms with E-state index in [0.29, 0.717) is 5.03 Å². The van der Waals surface area contributed by atoms with E-state index in [0.717, 1.165) is 6.07 Å². The molecular weight excluding hydrogens is 275 g/mol. The highest BCUT2D eigenvalue weighted by molar-refractivity contribution is 9.10. The molecule has 1 nitrogen and oxygen atoms in total. The average molecular weight is 283 g/mol. The van der Waals surface area contributed by atoms with Gasteiger partial charge in [0.05, 0.1) is 16.7 Å². The van der Waals surface area contributed by atoms with Crippen LogP contribution in [0.15, 0.2) is 28.2 Å². The van der Waals surface area contributed by atoms with Gasteiger partial charge < -0.3 is 5.32 Å². The standard InChI is InChI=1S/C9H7BrClF2N/c1-5(11)4-14-9-2-6(10)7(12)3-8(9)13/h2-3,14H,1,4H2. The molecule has 0 unspecified atom stereocenters. The fourth-order valence-electron chi connectivity index (χ4n) is 0.849. The summed E-state index contributed by atoms with van der Waals surface area (Å²) in [6, 6.07) is 2.11. The molecule has 1 rings (SSSR count). The molecule has 76 valence electrons. The molecule has 1 aromatic rings. The van der Waals surface area contributed by atoms with Crippen molar-refractivity contribution < 1.29 is 8.78 Å². The highest BCUT2D eigenvalue weighted by Crippen LogP contribution is 2.23. The van der Waals surface area contributed by atoms with Crippen molar-refractivity contribution in [2.24, 2.45) is 0 Å². The van der Waals surface area contributed by atoms with E-state index in [4.69, 9.17) is 11.6 Å². The van der Waals surface area contributed by atoms with Gasteiger partial charge in [0.25, 0.3) is 0 Å². The Morgan fingerprint density at radius 2 is 2.07 bits per heavy atom. The Morgan fingerprint density at radius 1 is 1.43 bits per heavy atom. The summed E-state index contributed by atoms with van der Waals surface area (Å²) in [4.78, 5) is 0. The van der Waals surface area contributed by atoms with E-state index < -0.39 is 11.6 Å². The molecule has 0 bridgehead atoms. The van der Waals surface area contributed by atoms with Gasteiger partial charge in [0, 0.05) is 11.1 Å². The Morgan fingerprint density at radius 3 is 2.64 bits per heavy atom. The minimum atomic E-state index is -0.663. The Labute approximate surface area is 93.9 Å². The fourth-order valence-corrected chi connectivity index (χ4v) is 1.26. The highest BCUT2D eigenvalue weighted by atomic mass is 79.9. The molecule has 0 heterocycles. The van der Waals surface area contributed by atoms with Crippen LogP contribution in [0.3, 0.4) is 0 Å². The third kappa shape index (κ3) is 2.96. The quantitative estimate of drug-likeness (QED) is 0.829. The lowest BCUT2D eigenvalue weighted by Crippen LogP contribution is -2.03. The van der Waals surface area contributed by atoms with Gasteiger partial charge in [-0.3, -0.25) is 0 Å². The molecule has 0 aliphatic rings. The summed E-state index contributed by atoms with van der Waals surface area (Å²) in [5, 5.41) is 3.03. The molecule has 0 radical (unpaired) electrons. The second-order valence-corrected chi connectivity index (χ2v) is 4.01. The zero-order chi connectivity index (χ0) is 10.7. The summed E-state index contributed by atoms with van der Waals surface area (Å²) in [5.41, 5.74) is 0.181. The van der Waals surface area contributed by atoms with Crippen molar-refractivity contribution in [3.63, 3.8) is 0 Å². The summed E-state index contributed by atoms with van der Waals surface area (Å²) in [6.07, 6.45) is 0. The van der Waals surface area contributed by atoms with Gasteiger partial charge in [0.15, 0.2) is 0 Å². The summed E-state index contributed by atoms with van der Waals surface area (Å²) >= 11 is 8.44. The van der Waals surface area contributed by atoms with E-state index in [1.807, 2.05) is 0 Å². The molecule has 0 aliphatic heterocycles. The lowest BCUT2D eigenvalue weighted by Gasteiger charge is -2.07. The van der Waals surface area contributed by atoms with Gasteiger partial charge in [0.2, 0.25) is 0 Å². The summed E-state index contributed by atoms with van der Waals surface area (Å²) < 4.78 is 26.1. The van der Waals surface area contributed by atoms with Crippen molar-refractivity contribution in [3.05, 3.63) is 39.9 Å². The summed E-state index contributed by atoms with van der Waals surface area (Å²) in [6.45, 7) is 3.67. The van der Waals surface area contributed by atoms with E-state index in [1.54, 1.807) is 0 Å². The molecule has 14 heavy (non-hydrogen) atoms. The molecule has 0 fully saturated rings. The first-order valence-corrected chi connectivity index (χ1v) is 4.89. The Hall–Kier alpha value is -0.610. The van der Waals surface area contributed by atoms with E-state index in [1.165, 1.54) is 6.07 Å². The summed E-state index contributed by atoms with van der Waals surface area (Å²) in [5.74, 6) is -1.30. The molecule has 0 amide bonds. The summed E-state index contributed by atoms with van der Waals surface area (Å²) in [7, 11) is 0. The molecule has 0 aromatic heterocycles. The van der Waals surface area contributed by atoms with E-state index in [-0.39, 0.29) is 16.7 Å². The molecular formula is C9H7BrClF2N. The lowest BCUT2D eigenvalue weighted by molar-refractivity contribution is 0.581. The predicted octanol–water partition coefficient (Wildman–Crippen LogP) is 3.89. The van der Waals surface area contributed by atoms with Gasteiger partial charge in [0.1, 0.15) is 11.6 Å². The normalized spacial score (nSPS) is 10.0. The third-order valence-corrected chi connectivity index (χ3v) is 2.22. The molecule has 1 aromatic carbocycles. The SMILES string of the molecule is C=C(Cl)CNc1cc(Br)c(F)cc1F. The monoisotopic (exact) mass is 281 g/mol. The number of rotatable bonds is 3. The van der Waals surface area contributed by atoms with Crippen LogP contribution in [0, 0.1) is 11.6 Å². The number of benzene rings is 1. The number of nitrogens with one attached hydrogen (secondary N) is 1. The second-order valence-electron chi connectivity index (χ2n) is 2.62. The highest BCUT2D eigenvalue weighted by Gasteiger charge is 2.07. The van der Waals surface area contributed by atoms with Crippen LogP contribution in [0.1, 0.15) is 0 Å².